The summed E-state index contributed by atoms with van der Waals surface area (Å²) >= 11 is 1.42. The summed E-state index contributed by atoms with van der Waals surface area (Å²) < 4.78 is 5.54. The number of rotatable bonds is 6. The number of hydrogen-bond donors (Lipinski definition) is 2. The average molecular weight is 290 g/mol. The maximum Gasteiger partial charge on any atom is 0.205 e. The van der Waals surface area contributed by atoms with Gasteiger partial charge in [-0.25, -0.2) is 4.98 Å². The van der Waals surface area contributed by atoms with Crippen LogP contribution in [-0.4, -0.2) is 17.3 Å². The molecule has 0 saturated heterocycles. The lowest BCUT2D eigenvalue weighted by Crippen LogP contribution is -2.02. The highest BCUT2D eigenvalue weighted by Crippen LogP contribution is 2.16. The largest absolute Gasteiger partial charge is 0.383 e. The molecule has 20 heavy (non-hydrogen) atoms. The number of nitrogens with two attached hydrogens (primary N) is 1. The Labute approximate surface area is 122 Å². The molecular weight excluding hydrogens is 272 g/mol. The Morgan fingerprint density at radius 1 is 1.40 bits per heavy atom. The molecule has 106 valence electrons. The molecule has 2 rings (SSSR count). The molecule has 1 heterocycles. The van der Waals surface area contributed by atoms with Crippen LogP contribution in [0.25, 0.3) is 0 Å². The van der Waals surface area contributed by atoms with E-state index in [-0.39, 0.29) is 6.10 Å². The minimum atomic E-state index is 0.242. The summed E-state index contributed by atoms with van der Waals surface area (Å²) in [5.74, 6) is 0.502. The second-order valence-electron chi connectivity index (χ2n) is 4.55. The molecule has 6 heteroatoms. The van der Waals surface area contributed by atoms with Gasteiger partial charge in [-0.05, 0) is 25.0 Å². The summed E-state index contributed by atoms with van der Waals surface area (Å²) in [7, 11) is 0. The van der Waals surface area contributed by atoms with Crippen LogP contribution in [0.5, 0.6) is 0 Å². The summed E-state index contributed by atoms with van der Waals surface area (Å²) in [6, 6.07) is 8.07. The van der Waals surface area contributed by atoms with Crippen molar-refractivity contribution in [1.29, 1.82) is 0 Å². The van der Waals surface area contributed by atoms with Gasteiger partial charge in [-0.3, -0.25) is 5.43 Å². The van der Waals surface area contributed by atoms with Gasteiger partial charge in [0.1, 0.15) is 5.82 Å². The van der Waals surface area contributed by atoms with Crippen LogP contribution in [0.1, 0.15) is 25.0 Å². The Bertz CT molecular complexity index is 563. The lowest BCUT2D eigenvalue weighted by atomic mass is 10.1. The van der Waals surface area contributed by atoms with Crippen molar-refractivity contribution >= 4 is 28.5 Å². The van der Waals surface area contributed by atoms with Crippen molar-refractivity contribution < 1.29 is 4.74 Å². The molecule has 1 aromatic heterocycles. The second kappa shape index (κ2) is 7.02. The van der Waals surface area contributed by atoms with Gasteiger partial charge in [0.25, 0.3) is 0 Å². The molecule has 0 saturated carbocycles. The fourth-order valence-electron chi connectivity index (χ4n) is 1.46. The number of benzene rings is 1. The number of nitrogen functional groups attached to an aromatic ring is 1. The third-order valence-corrected chi connectivity index (χ3v) is 3.22. The molecule has 0 bridgehead atoms. The van der Waals surface area contributed by atoms with Gasteiger partial charge >= 0.3 is 0 Å². The Kier molecular flexibility index (Phi) is 5.09. The highest BCUT2D eigenvalue weighted by Gasteiger charge is 1.97. The van der Waals surface area contributed by atoms with E-state index < -0.39 is 0 Å². The average Bonchev–Trinajstić information content (AvgIpc) is 2.83. The molecule has 0 aliphatic rings. The highest BCUT2D eigenvalue weighted by atomic mass is 32.1. The zero-order valence-electron chi connectivity index (χ0n) is 11.5. The van der Waals surface area contributed by atoms with Crippen LogP contribution in [0.3, 0.4) is 0 Å². The predicted octanol–water partition coefficient (Wildman–Crippen LogP) is 3.10. The number of nitrogens with one attached hydrogen (secondary N) is 1. The van der Waals surface area contributed by atoms with Gasteiger partial charge in [0.15, 0.2) is 0 Å². The minimum absolute atomic E-state index is 0.242. The van der Waals surface area contributed by atoms with Crippen LogP contribution in [0.2, 0.25) is 0 Å². The van der Waals surface area contributed by atoms with Crippen molar-refractivity contribution in [2.24, 2.45) is 5.10 Å². The van der Waals surface area contributed by atoms with E-state index in [1.807, 2.05) is 38.1 Å². The maximum absolute atomic E-state index is 5.54. The maximum atomic E-state index is 5.54. The van der Waals surface area contributed by atoms with E-state index in [1.165, 1.54) is 11.3 Å². The standard InChI is InChI=1S/C14H18N4OS/c1-10(2)19-8-12-5-3-11(4-6-12)7-16-18-14-17-13(15)9-20-14/h3-7,9-10H,8,15H2,1-2H3,(H,17,18). The molecule has 5 nitrogen and oxygen atoms in total. The van der Waals surface area contributed by atoms with Crippen molar-refractivity contribution in [1.82, 2.24) is 4.98 Å². The molecule has 2 aromatic rings. The number of aromatic nitrogens is 1. The predicted molar refractivity (Wildman–Crippen MR) is 84.1 cm³/mol. The van der Waals surface area contributed by atoms with Crippen LogP contribution in [0.4, 0.5) is 10.9 Å². The number of anilines is 2. The number of ether oxygens (including phenoxy) is 1. The number of thiazole rings is 1. The summed E-state index contributed by atoms with van der Waals surface area (Å²) in [4.78, 5) is 4.05. The van der Waals surface area contributed by atoms with Gasteiger partial charge in [0, 0.05) is 5.38 Å². The zero-order chi connectivity index (χ0) is 14.4. The van der Waals surface area contributed by atoms with Crippen molar-refractivity contribution in [3.05, 3.63) is 40.8 Å². The summed E-state index contributed by atoms with van der Waals surface area (Å²) in [6.45, 7) is 4.68. The van der Waals surface area contributed by atoms with E-state index in [0.717, 1.165) is 11.1 Å². The van der Waals surface area contributed by atoms with Gasteiger partial charge < -0.3 is 10.5 Å². The van der Waals surface area contributed by atoms with Crippen molar-refractivity contribution in [2.45, 2.75) is 26.6 Å². The Balaban J connectivity index is 1.86. The van der Waals surface area contributed by atoms with Gasteiger partial charge in [-0.1, -0.05) is 24.3 Å². The highest BCUT2D eigenvalue weighted by molar-refractivity contribution is 7.14. The normalized spacial score (nSPS) is 11.3. The van der Waals surface area contributed by atoms with Crippen LogP contribution in [-0.2, 0) is 11.3 Å². The Morgan fingerprint density at radius 3 is 2.75 bits per heavy atom. The fourth-order valence-corrected chi connectivity index (χ4v) is 2.01. The van der Waals surface area contributed by atoms with Gasteiger partial charge in [-0.2, -0.15) is 5.10 Å². The Hall–Kier alpha value is -1.92. The van der Waals surface area contributed by atoms with Gasteiger partial charge in [0.2, 0.25) is 5.13 Å². The van der Waals surface area contributed by atoms with Gasteiger partial charge in [-0.15, -0.1) is 11.3 Å². The van der Waals surface area contributed by atoms with Crippen LogP contribution >= 0.6 is 11.3 Å². The zero-order valence-corrected chi connectivity index (χ0v) is 12.4. The molecule has 0 aliphatic heterocycles. The lowest BCUT2D eigenvalue weighted by Gasteiger charge is -2.07. The first-order valence-electron chi connectivity index (χ1n) is 6.34. The van der Waals surface area contributed by atoms with Crippen LogP contribution < -0.4 is 11.2 Å². The molecule has 0 radical (unpaired) electrons. The van der Waals surface area contributed by atoms with Gasteiger partial charge in [0.05, 0.1) is 18.9 Å². The lowest BCUT2D eigenvalue weighted by molar-refractivity contribution is 0.0657. The van der Waals surface area contributed by atoms with E-state index in [0.29, 0.717) is 17.6 Å². The van der Waals surface area contributed by atoms with E-state index in [9.17, 15) is 0 Å². The first-order chi connectivity index (χ1) is 9.63. The van der Waals surface area contributed by atoms with Crippen LogP contribution in [0, 0.1) is 0 Å². The summed E-state index contributed by atoms with van der Waals surface area (Å²) in [5.41, 5.74) is 10.5. The summed E-state index contributed by atoms with van der Waals surface area (Å²) in [6.07, 6.45) is 1.98. The van der Waals surface area contributed by atoms with Crippen molar-refractivity contribution in [3.8, 4) is 0 Å². The first-order valence-corrected chi connectivity index (χ1v) is 7.22. The topological polar surface area (TPSA) is 72.5 Å². The molecule has 0 atom stereocenters. The quantitative estimate of drug-likeness (QED) is 0.633. The minimum Gasteiger partial charge on any atom is -0.383 e. The molecule has 0 unspecified atom stereocenters. The molecule has 0 amide bonds. The van der Waals surface area contributed by atoms with E-state index in [2.05, 4.69) is 15.5 Å². The molecule has 1 aromatic carbocycles. The number of hydrazone groups is 1. The summed E-state index contributed by atoms with van der Waals surface area (Å²) in [5, 5.41) is 6.56. The van der Waals surface area contributed by atoms with Crippen molar-refractivity contribution in [2.75, 3.05) is 11.2 Å². The smallest absolute Gasteiger partial charge is 0.205 e. The third-order valence-electron chi connectivity index (χ3n) is 2.46. The molecule has 0 fully saturated rings. The van der Waals surface area contributed by atoms with Crippen molar-refractivity contribution in [3.63, 3.8) is 0 Å². The number of hydrogen-bond acceptors (Lipinski definition) is 6. The second-order valence-corrected chi connectivity index (χ2v) is 5.41. The fraction of sp³-hybridized carbons (Fsp3) is 0.286. The Morgan fingerprint density at radius 2 is 2.15 bits per heavy atom. The molecular formula is C14H18N4OS. The third kappa shape index (κ3) is 4.64. The molecule has 0 aliphatic carbocycles. The monoisotopic (exact) mass is 290 g/mol. The molecule has 0 spiro atoms. The van der Waals surface area contributed by atoms with Crippen LogP contribution in [0.15, 0.2) is 34.7 Å². The molecule has 3 N–H and O–H groups in total. The van der Waals surface area contributed by atoms with E-state index in [1.54, 1.807) is 11.6 Å². The van der Waals surface area contributed by atoms with E-state index in [4.69, 9.17) is 10.5 Å². The SMILES string of the molecule is CC(C)OCc1ccc(C=NNc2nc(N)cs2)cc1. The van der Waals surface area contributed by atoms with E-state index >= 15 is 0 Å². The number of nitrogens with zero attached hydrogens (tertiary/aromatic N) is 2. The first kappa shape index (κ1) is 14.5.